The molecular weight excluding hydrogens is 415 g/mol. The number of nitrogens with one attached hydrogen (secondary N) is 1. The lowest BCUT2D eigenvalue weighted by molar-refractivity contribution is -0.274. The van der Waals surface area contributed by atoms with Crippen molar-refractivity contribution in [3.05, 3.63) is 53.6 Å². The minimum Gasteiger partial charge on any atom is -0.406 e. The second-order valence-electron chi connectivity index (χ2n) is 5.87. The zero-order valence-electron chi connectivity index (χ0n) is 14.5. The zero-order valence-corrected chi connectivity index (χ0v) is 16.1. The van der Waals surface area contributed by atoms with Gasteiger partial charge in [-0.2, -0.15) is 0 Å². The topological polar surface area (TPSA) is 53.9 Å². The molecule has 1 atom stereocenters. The normalized spacial score (nSPS) is 16.5. The van der Waals surface area contributed by atoms with Crippen LogP contribution >= 0.6 is 23.4 Å². The van der Waals surface area contributed by atoms with Crippen molar-refractivity contribution in [1.82, 2.24) is 0 Å². The Hall–Kier alpha value is -2.39. The van der Waals surface area contributed by atoms with E-state index >= 15 is 0 Å². The number of nitrogens with zero attached hydrogens (tertiary/aromatic N) is 2. The van der Waals surface area contributed by atoms with Crippen LogP contribution in [0.25, 0.3) is 0 Å². The molecule has 5 nitrogen and oxygen atoms in total. The second-order valence-corrected chi connectivity index (χ2v) is 7.71. The fourth-order valence-corrected chi connectivity index (χ4v) is 3.49. The maximum atomic E-state index is 12.9. The molecule has 0 aromatic heterocycles. The Morgan fingerprint density at radius 3 is 2.39 bits per heavy atom. The first-order chi connectivity index (χ1) is 13.2. The highest BCUT2D eigenvalue weighted by molar-refractivity contribution is 8.15. The first-order valence-electron chi connectivity index (χ1n) is 8.15. The van der Waals surface area contributed by atoms with Gasteiger partial charge in [0, 0.05) is 16.0 Å². The van der Waals surface area contributed by atoms with Gasteiger partial charge >= 0.3 is 12.4 Å². The summed E-state index contributed by atoms with van der Waals surface area (Å²) >= 11 is 7.26. The summed E-state index contributed by atoms with van der Waals surface area (Å²) in [4.78, 5) is 18.6. The lowest BCUT2D eigenvalue weighted by atomic mass is 10.3. The van der Waals surface area contributed by atoms with Crippen molar-refractivity contribution in [2.24, 2.45) is 4.99 Å². The summed E-state index contributed by atoms with van der Waals surface area (Å²) in [5.74, 6) is -0.372. The quantitative estimate of drug-likeness (QED) is 0.674. The number of urea groups is 1. The van der Waals surface area contributed by atoms with Crippen LogP contribution in [0.3, 0.4) is 0 Å². The van der Waals surface area contributed by atoms with Gasteiger partial charge in [0.2, 0.25) is 0 Å². The number of thioether (sulfide) groups is 1. The van der Waals surface area contributed by atoms with Crippen molar-refractivity contribution in [3.8, 4) is 5.75 Å². The third-order valence-corrected chi connectivity index (χ3v) is 4.93. The summed E-state index contributed by atoms with van der Waals surface area (Å²) in [5, 5.41) is 3.91. The van der Waals surface area contributed by atoms with Crippen LogP contribution in [0.1, 0.15) is 6.92 Å². The molecule has 148 valence electrons. The Morgan fingerprint density at radius 2 is 1.86 bits per heavy atom. The van der Waals surface area contributed by atoms with Gasteiger partial charge in [0.15, 0.2) is 5.17 Å². The average molecular weight is 430 g/mol. The number of hydrogen-bond acceptors (Lipinski definition) is 4. The van der Waals surface area contributed by atoms with Gasteiger partial charge in [-0.05, 0) is 48.5 Å². The van der Waals surface area contributed by atoms with Crippen LogP contribution < -0.4 is 15.0 Å². The number of alkyl halides is 3. The Balaban J connectivity index is 1.84. The molecule has 0 radical (unpaired) electrons. The fraction of sp³-hybridized carbons (Fsp3) is 0.222. The number of ether oxygens (including phenoxy) is 1. The van der Waals surface area contributed by atoms with E-state index < -0.39 is 12.4 Å². The Kier molecular flexibility index (Phi) is 6.04. The summed E-state index contributed by atoms with van der Waals surface area (Å²) in [7, 11) is 0. The number of amides is 2. The van der Waals surface area contributed by atoms with E-state index in [2.05, 4.69) is 15.0 Å². The highest BCUT2D eigenvalue weighted by atomic mass is 35.5. The van der Waals surface area contributed by atoms with Crippen LogP contribution in [0.4, 0.5) is 29.3 Å². The first kappa shape index (κ1) is 20.3. The van der Waals surface area contributed by atoms with E-state index in [0.29, 0.717) is 28.1 Å². The van der Waals surface area contributed by atoms with Crippen molar-refractivity contribution in [2.75, 3.05) is 16.8 Å². The number of anilines is 2. The molecule has 1 unspecified atom stereocenters. The highest BCUT2D eigenvalue weighted by Crippen LogP contribution is 2.30. The van der Waals surface area contributed by atoms with Gasteiger partial charge in [-0.3, -0.25) is 4.99 Å². The molecule has 0 fully saturated rings. The molecule has 1 aliphatic rings. The lowest BCUT2D eigenvalue weighted by Gasteiger charge is -2.23. The molecule has 0 aliphatic carbocycles. The first-order valence-corrected chi connectivity index (χ1v) is 9.40. The molecule has 10 heteroatoms. The van der Waals surface area contributed by atoms with Crippen LogP contribution in [0.2, 0.25) is 5.02 Å². The van der Waals surface area contributed by atoms with Crippen molar-refractivity contribution in [1.29, 1.82) is 0 Å². The van der Waals surface area contributed by atoms with Crippen molar-refractivity contribution < 1.29 is 22.7 Å². The van der Waals surface area contributed by atoms with Gasteiger partial charge in [0.25, 0.3) is 0 Å². The van der Waals surface area contributed by atoms with Gasteiger partial charge in [0.05, 0.1) is 12.2 Å². The SMILES string of the molecule is CC1CN=C(N(C(=O)Nc2ccc(Cl)cc2)c2ccc(OC(F)(F)F)cc2)S1. The zero-order chi connectivity index (χ0) is 20.3. The van der Waals surface area contributed by atoms with Gasteiger partial charge in [-0.1, -0.05) is 30.3 Å². The van der Waals surface area contributed by atoms with Gasteiger partial charge in [-0.15, -0.1) is 13.2 Å². The Morgan fingerprint density at radius 1 is 1.21 bits per heavy atom. The number of aliphatic imine (C=N–C) groups is 1. The summed E-state index contributed by atoms with van der Waals surface area (Å²) in [5.41, 5.74) is 0.884. The van der Waals surface area contributed by atoms with Crippen molar-refractivity contribution in [2.45, 2.75) is 18.5 Å². The Bertz CT molecular complexity index is 873. The Labute approximate surface area is 168 Å². The van der Waals surface area contributed by atoms with E-state index in [-0.39, 0.29) is 11.0 Å². The number of benzene rings is 2. The summed E-state index contributed by atoms with van der Waals surface area (Å²) in [6.07, 6.45) is -4.78. The lowest BCUT2D eigenvalue weighted by Crippen LogP contribution is -2.38. The van der Waals surface area contributed by atoms with Crippen LogP contribution in [-0.2, 0) is 0 Å². The molecule has 28 heavy (non-hydrogen) atoms. The van der Waals surface area contributed by atoms with Crippen LogP contribution in [-0.4, -0.2) is 29.4 Å². The molecule has 1 aliphatic heterocycles. The highest BCUT2D eigenvalue weighted by Gasteiger charge is 2.32. The predicted molar refractivity (Wildman–Crippen MR) is 105 cm³/mol. The standard InChI is InChI=1S/C18H15ClF3N3O2S/c1-11-10-23-17(28-11)25(16(26)24-13-4-2-12(19)3-5-13)14-6-8-15(9-7-14)27-18(20,21)22/h2-9,11H,10H2,1H3,(H,24,26). The van der Waals surface area contributed by atoms with Crippen LogP contribution in [0.5, 0.6) is 5.75 Å². The number of rotatable bonds is 3. The van der Waals surface area contributed by atoms with Crippen LogP contribution in [0.15, 0.2) is 53.5 Å². The third kappa shape index (κ3) is 5.32. The molecule has 3 rings (SSSR count). The number of hydrogen-bond donors (Lipinski definition) is 1. The fourth-order valence-electron chi connectivity index (χ4n) is 2.41. The minimum absolute atomic E-state index is 0.189. The van der Waals surface area contributed by atoms with E-state index in [1.165, 1.54) is 28.8 Å². The number of amidine groups is 1. The summed E-state index contributed by atoms with van der Waals surface area (Å²) in [6.45, 7) is 2.51. The molecule has 0 saturated carbocycles. The summed E-state index contributed by atoms with van der Waals surface area (Å²) in [6, 6.07) is 11.1. The van der Waals surface area contributed by atoms with E-state index in [4.69, 9.17) is 11.6 Å². The van der Waals surface area contributed by atoms with Crippen LogP contribution in [0, 0.1) is 0 Å². The van der Waals surface area contributed by atoms with E-state index in [1.54, 1.807) is 24.3 Å². The second kappa shape index (κ2) is 8.32. The number of halogens is 4. The molecule has 0 bridgehead atoms. The smallest absolute Gasteiger partial charge is 0.406 e. The molecule has 0 spiro atoms. The monoisotopic (exact) mass is 429 g/mol. The minimum atomic E-state index is -4.78. The number of carbonyl (C=O) groups is 1. The van der Waals surface area contributed by atoms with Crippen molar-refractivity contribution >= 4 is 45.9 Å². The molecule has 2 aromatic carbocycles. The number of carbonyl (C=O) groups excluding carboxylic acids is 1. The maximum Gasteiger partial charge on any atom is 0.573 e. The molecule has 2 aromatic rings. The summed E-state index contributed by atoms with van der Waals surface area (Å²) < 4.78 is 41.0. The third-order valence-electron chi connectivity index (χ3n) is 3.61. The van der Waals surface area contributed by atoms with Gasteiger partial charge < -0.3 is 10.1 Å². The predicted octanol–water partition coefficient (Wildman–Crippen LogP) is 5.77. The van der Waals surface area contributed by atoms with E-state index in [9.17, 15) is 18.0 Å². The van der Waals surface area contributed by atoms with E-state index in [1.807, 2.05) is 6.92 Å². The van der Waals surface area contributed by atoms with E-state index in [0.717, 1.165) is 12.1 Å². The maximum absolute atomic E-state index is 12.9. The molecule has 2 amide bonds. The molecule has 1 heterocycles. The van der Waals surface area contributed by atoms with Gasteiger partial charge in [0.1, 0.15) is 5.75 Å². The molecule has 0 saturated heterocycles. The largest absolute Gasteiger partial charge is 0.573 e. The van der Waals surface area contributed by atoms with Gasteiger partial charge in [-0.25, -0.2) is 9.69 Å². The van der Waals surface area contributed by atoms with Crippen molar-refractivity contribution in [3.63, 3.8) is 0 Å². The molecule has 1 N–H and O–H groups in total. The average Bonchev–Trinajstić information content (AvgIpc) is 3.03. The molecular formula is C18H15ClF3N3O2S.